The summed E-state index contributed by atoms with van der Waals surface area (Å²) in [6, 6.07) is 5.97. The number of hydrogen-bond donors (Lipinski definition) is 3. The van der Waals surface area contributed by atoms with Crippen LogP contribution in [0.1, 0.15) is 57.8 Å². The van der Waals surface area contributed by atoms with Crippen LogP contribution < -0.4 is 26.7 Å². The average molecular weight is 468 g/mol. The molecular formula is C25H33N5O4. The van der Waals surface area contributed by atoms with Crippen LogP contribution in [0.4, 0.5) is 5.95 Å². The van der Waals surface area contributed by atoms with E-state index in [4.69, 9.17) is 10.5 Å². The lowest BCUT2D eigenvalue weighted by Gasteiger charge is -2.42. The average Bonchev–Trinajstić information content (AvgIpc) is 3.21. The third-order valence-electron chi connectivity index (χ3n) is 7.70. The van der Waals surface area contributed by atoms with Gasteiger partial charge in [0, 0.05) is 12.1 Å². The summed E-state index contributed by atoms with van der Waals surface area (Å²) in [4.78, 5) is 41.2. The molecule has 4 unspecified atom stereocenters. The fourth-order valence-electron chi connectivity index (χ4n) is 5.94. The maximum Gasteiger partial charge on any atom is 0.267 e. The highest BCUT2D eigenvalue weighted by Gasteiger charge is 2.36. The molecule has 2 amide bonds. The Hall–Kier alpha value is -2.94. The molecule has 5 rings (SSSR count). The fourth-order valence-corrected chi connectivity index (χ4v) is 5.94. The summed E-state index contributed by atoms with van der Waals surface area (Å²) in [5.41, 5.74) is 6.00. The molecule has 182 valence electrons. The number of unbranched alkanes of at least 4 members (excludes halogenated alkanes) is 1. The quantitative estimate of drug-likeness (QED) is 0.511. The highest BCUT2D eigenvalue weighted by molar-refractivity contribution is 5.95. The zero-order valence-corrected chi connectivity index (χ0v) is 19.4. The zero-order chi connectivity index (χ0) is 23.7. The number of fused-ring (bicyclic) bond motifs is 3. The van der Waals surface area contributed by atoms with E-state index >= 15 is 0 Å². The van der Waals surface area contributed by atoms with E-state index in [0.717, 1.165) is 31.6 Å². The molecule has 2 fully saturated rings. The first-order valence-corrected chi connectivity index (χ1v) is 12.5. The molecule has 9 nitrogen and oxygen atoms in total. The molecule has 1 saturated carbocycles. The molecule has 2 aliphatic heterocycles. The number of amides is 2. The second-order valence-corrected chi connectivity index (χ2v) is 9.88. The second kappa shape index (κ2) is 9.74. The molecule has 2 aromatic rings. The molecule has 4 N–H and O–H groups in total. The summed E-state index contributed by atoms with van der Waals surface area (Å²) in [6.45, 7) is 0.391. The minimum Gasteiger partial charge on any atom is -0.493 e. The van der Waals surface area contributed by atoms with Crippen molar-refractivity contribution in [3.63, 3.8) is 0 Å². The van der Waals surface area contributed by atoms with Crippen molar-refractivity contribution in [2.24, 2.45) is 17.6 Å². The summed E-state index contributed by atoms with van der Waals surface area (Å²) in [5.74, 6) is 0.847. The minimum absolute atomic E-state index is 0.0310. The Bertz CT molecular complexity index is 1150. The molecule has 1 aromatic carbocycles. The van der Waals surface area contributed by atoms with Gasteiger partial charge in [0.05, 0.1) is 18.0 Å². The van der Waals surface area contributed by atoms with Crippen LogP contribution in [-0.2, 0) is 16.1 Å². The van der Waals surface area contributed by atoms with Gasteiger partial charge < -0.3 is 15.8 Å². The van der Waals surface area contributed by atoms with E-state index in [-0.39, 0.29) is 41.8 Å². The summed E-state index contributed by atoms with van der Waals surface area (Å²) in [7, 11) is 0. The highest BCUT2D eigenvalue weighted by Crippen LogP contribution is 2.34. The van der Waals surface area contributed by atoms with Crippen molar-refractivity contribution in [2.45, 2.75) is 76.4 Å². The number of carbonyl (C=O) groups excluding carboxylic acids is 2. The predicted molar refractivity (Wildman–Crippen MR) is 129 cm³/mol. The number of anilines is 1. The Morgan fingerprint density at radius 2 is 2.03 bits per heavy atom. The van der Waals surface area contributed by atoms with Crippen LogP contribution in [0, 0.1) is 11.8 Å². The topological polar surface area (TPSA) is 128 Å². The highest BCUT2D eigenvalue weighted by atomic mass is 16.5. The van der Waals surface area contributed by atoms with Gasteiger partial charge in [0.2, 0.25) is 17.8 Å². The number of carbonyl (C=O) groups is 2. The largest absolute Gasteiger partial charge is 0.493 e. The summed E-state index contributed by atoms with van der Waals surface area (Å²) < 4.78 is 7.29. The van der Waals surface area contributed by atoms with E-state index in [9.17, 15) is 14.4 Å². The van der Waals surface area contributed by atoms with E-state index in [1.165, 1.54) is 36.7 Å². The number of ether oxygens (including phenoxy) is 1. The Morgan fingerprint density at radius 1 is 1.18 bits per heavy atom. The van der Waals surface area contributed by atoms with Crippen LogP contribution in [0.5, 0.6) is 5.75 Å². The molecule has 1 aliphatic carbocycles. The van der Waals surface area contributed by atoms with Crippen LogP contribution in [0.15, 0.2) is 23.0 Å². The number of nitrogens with two attached hydrogens (primary N) is 1. The van der Waals surface area contributed by atoms with Crippen molar-refractivity contribution in [3.8, 4) is 5.75 Å². The third kappa shape index (κ3) is 4.53. The van der Waals surface area contributed by atoms with Crippen molar-refractivity contribution < 1.29 is 14.3 Å². The molecule has 1 saturated heterocycles. The first-order valence-electron chi connectivity index (χ1n) is 12.5. The van der Waals surface area contributed by atoms with Gasteiger partial charge in [0.15, 0.2) is 0 Å². The van der Waals surface area contributed by atoms with Gasteiger partial charge in [-0.25, -0.2) is 4.98 Å². The van der Waals surface area contributed by atoms with Gasteiger partial charge in [0.25, 0.3) is 5.56 Å². The summed E-state index contributed by atoms with van der Waals surface area (Å²) >= 11 is 0. The van der Waals surface area contributed by atoms with Crippen molar-refractivity contribution in [2.75, 3.05) is 11.9 Å². The van der Waals surface area contributed by atoms with Gasteiger partial charge >= 0.3 is 0 Å². The molecule has 1 aromatic heterocycles. The van der Waals surface area contributed by atoms with Gasteiger partial charge in [-0.1, -0.05) is 18.9 Å². The maximum atomic E-state index is 12.9. The van der Waals surface area contributed by atoms with E-state index < -0.39 is 0 Å². The molecular weight excluding hydrogens is 434 g/mol. The Kier molecular flexibility index (Phi) is 6.54. The molecule has 4 atom stereocenters. The monoisotopic (exact) mass is 467 g/mol. The smallest absolute Gasteiger partial charge is 0.267 e. The SMILES string of the molecule is NC(=O)C(CCCCOc1cccc2nc3n(c(=O)c12)CC(=O)N3)C1CCC2CCCCC2N1. The van der Waals surface area contributed by atoms with E-state index in [0.29, 0.717) is 29.3 Å². The van der Waals surface area contributed by atoms with Crippen LogP contribution in [-0.4, -0.2) is 40.1 Å². The van der Waals surface area contributed by atoms with Gasteiger partial charge in [-0.2, -0.15) is 0 Å². The Labute approximate surface area is 198 Å². The maximum absolute atomic E-state index is 12.9. The van der Waals surface area contributed by atoms with Crippen molar-refractivity contribution in [3.05, 3.63) is 28.6 Å². The van der Waals surface area contributed by atoms with Crippen molar-refractivity contribution in [1.29, 1.82) is 0 Å². The number of hydrogen-bond acceptors (Lipinski definition) is 6. The molecule has 9 heteroatoms. The van der Waals surface area contributed by atoms with E-state index in [1.54, 1.807) is 18.2 Å². The predicted octanol–water partition coefficient (Wildman–Crippen LogP) is 2.31. The van der Waals surface area contributed by atoms with Gasteiger partial charge in [-0.15, -0.1) is 0 Å². The Balaban J connectivity index is 1.17. The lowest BCUT2D eigenvalue weighted by Crippen LogP contribution is -2.54. The molecule has 34 heavy (non-hydrogen) atoms. The molecule has 3 heterocycles. The van der Waals surface area contributed by atoms with Crippen LogP contribution in [0.2, 0.25) is 0 Å². The second-order valence-electron chi connectivity index (χ2n) is 9.88. The number of piperidine rings is 1. The van der Waals surface area contributed by atoms with Crippen molar-refractivity contribution in [1.82, 2.24) is 14.9 Å². The van der Waals surface area contributed by atoms with Crippen molar-refractivity contribution >= 4 is 28.7 Å². The third-order valence-corrected chi connectivity index (χ3v) is 7.70. The number of nitrogens with one attached hydrogen (secondary N) is 2. The van der Waals surface area contributed by atoms with E-state index in [1.807, 2.05) is 0 Å². The van der Waals surface area contributed by atoms with Gasteiger partial charge in [-0.3, -0.25) is 24.3 Å². The standard InChI is InChI=1S/C25H33N5O4/c26-23(32)16(18-12-11-15-6-1-2-8-17(15)27-18)7-3-4-13-34-20-10-5-9-19-22(20)24(33)30-14-21(31)29-25(30)28-19/h5,9-10,15-18,27H,1-4,6-8,11-14H2,(H2,26,32)(H,28,29,31). The van der Waals surface area contributed by atoms with Crippen LogP contribution in [0.25, 0.3) is 10.9 Å². The van der Waals surface area contributed by atoms with Crippen LogP contribution in [0.3, 0.4) is 0 Å². The molecule has 0 radical (unpaired) electrons. The number of rotatable bonds is 8. The molecule has 0 bridgehead atoms. The van der Waals surface area contributed by atoms with Crippen LogP contribution >= 0.6 is 0 Å². The number of aromatic nitrogens is 2. The van der Waals surface area contributed by atoms with Gasteiger partial charge in [0.1, 0.15) is 17.7 Å². The first kappa shape index (κ1) is 22.8. The zero-order valence-electron chi connectivity index (χ0n) is 19.4. The molecule has 0 spiro atoms. The molecule has 3 aliphatic rings. The lowest BCUT2D eigenvalue weighted by molar-refractivity contribution is -0.123. The number of benzene rings is 1. The Morgan fingerprint density at radius 3 is 2.88 bits per heavy atom. The number of nitrogens with zero attached hydrogens (tertiary/aromatic N) is 2. The summed E-state index contributed by atoms with van der Waals surface area (Å²) in [6.07, 6.45) is 9.58. The number of primary amides is 1. The van der Waals surface area contributed by atoms with E-state index in [2.05, 4.69) is 15.6 Å². The fraction of sp³-hybridized carbons (Fsp3) is 0.600. The lowest BCUT2D eigenvalue weighted by atomic mass is 9.75. The van der Waals surface area contributed by atoms with Gasteiger partial charge in [-0.05, 0) is 63.0 Å². The summed E-state index contributed by atoms with van der Waals surface area (Å²) in [5, 5.41) is 6.73. The first-order chi connectivity index (χ1) is 16.5. The normalized spacial score (nSPS) is 24.8. The minimum atomic E-state index is -0.285.